The highest BCUT2D eigenvalue weighted by atomic mass is 79.9. The van der Waals surface area contributed by atoms with Gasteiger partial charge in [-0.15, -0.1) is 10.2 Å². The van der Waals surface area contributed by atoms with Crippen LogP contribution in [0, 0.1) is 6.92 Å². The van der Waals surface area contributed by atoms with Crippen LogP contribution in [-0.4, -0.2) is 10.2 Å². The normalized spacial score (nSPS) is 11.2. The highest BCUT2D eigenvalue weighted by molar-refractivity contribution is 9.10. The van der Waals surface area contributed by atoms with Gasteiger partial charge in [-0.2, -0.15) is 5.10 Å². The minimum Gasteiger partial charge on any atom is -0.382 e. The Bertz CT molecular complexity index is 555. The van der Waals surface area contributed by atoms with Gasteiger partial charge in [0.25, 0.3) is 0 Å². The second-order valence-corrected chi connectivity index (χ2v) is 4.31. The van der Waals surface area contributed by atoms with Gasteiger partial charge in [0.2, 0.25) is 0 Å². The van der Waals surface area contributed by atoms with Crippen molar-refractivity contribution < 1.29 is 0 Å². The number of hydrogen-bond donors (Lipinski definition) is 3. The maximum atomic E-state index is 5.61. The van der Waals surface area contributed by atoms with Gasteiger partial charge in [0.15, 0.2) is 11.5 Å². The van der Waals surface area contributed by atoms with E-state index in [0.717, 1.165) is 15.7 Å². The van der Waals surface area contributed by atoms with Gasteiger partial charge in [-0.05, 0) is 24.6 Å². The van der Waals surface area contributed by atoms with Crippen molar-refractivity contribution in [2.75, 3.05) is 11.5 Å². The summed E-state index contributed by atoms with van der Waals surface area (Å²) < 4.78 is 0.974. The fourth-order valence-corrected chi connectivity index (χ4v) is 1.63. The van der Waals surface area contributed by atoms with Crippen molar-refractivity contribution in [3.05, 3.63) is 28.2 Å². The lowest BCUT2D eigenvalue weighted by Gasteiger charge is -2.00. The number of rotatable bonds is 2. The molecule has 0 amide bonds. The van der Waals surface area contributed by atoms with Crippen LogP contribution in [0.1, 0.15) is 5.56 Å². The van der Waals surface area contributed by atoms with Crippen molar-refractivity contribution >= 4 is 38.9 Å². The zero-order chi connectivity index (χ0) is 12.4. The molecule has 0 radical (unpaired) electrons. The minimum atomic E-state index is 0.235. The first kappa shape index (κ1) is 11.6. The van der Waals surface area contributed by atoms with Gasteiger partial charge in [0, 0.05) is 4.47 Å². The number of nitrogen functional groups attached to an aromatic ring is 2. The molecule has 17 heavy (non-hydrogen) atoms. The monoisotopic (exact) mass is 294 g/mol. The van der Waals surface area contributed by atoms with E-state index in [9.17, 15) is 0 Å². The molecule has 0 saturated heterocycles. The zero-order valence-corrected chi connectivity index (χ0v) is 10.7. The second kappa shape index (κ2) is 4.54. The molecule has 1 heterocycles. The van der Waals surface area contributed by atoms with Crippen LogP contribution in [0.4, 0.5) is 23.0 Å². The highest BCUT2D eigenvalue weighted by Gasteiger charge is 2.07. The number of aromatic nitrogens is 2. The van der Waals surface area contributed by atoms with Gasteiger partial charge in [0.05, 0.1) is 5.69 Å². The molecule has 0 aliphatic rings. The van der Waals surface area contributed by atoms with Crippen molar-refractivity contribution in [1.82, 2.24) is 10.2 Å². The molecule has 0 bridgehead atoms. The third kappa shape index (κ3) is 2.28. The van der Waals surface area contributed by atoms with E-state index in [1.165, 1.54) is 0 Å². The van der Waals surface area contributed by atoms with Crippen molar-refractivity contribution in [1.29, 1.82) is 0 Å². The number of hydrogen-bond acceptors (Lipinski definition) is 5. The molecule has 2 aromatic rings. The molecule has 0 fully saturated rings. The Labute approximate surface area is 106 Å². The van der Waals surface area contributed by atoms with Crippen LogP contribution in [0.5, 0.6) is 0 Å². The van der Waals surface area contributed by atoms with E-state index in [2.05, 4.69) is 36.4 Å². The molecule has 5 N–H and O–H groups in total. The van der Waals surface area contributed by atoms with Crippen LogP contribution in [0.25, 0.3) is 0 Å². The number of nitrogens with one attached hydrogen (secondary N) is 1. The Kier molecular flexibility index (Phi) is 3.10. The van der Waals surface area contributed by atoms with Gasteiger partial charge in [-0.3, -0.25) is 5.10 Å². The summed E-state index contributed by atoms with van der Waals surface area (Å²) in [5.74, 6) is 0.540. The number of nitrogens with two attached hydrogens (primary N) is 2. The summed E-state index contributed by atoms with van der Waals surface area (Å²) >= 11 is 3.42. The highest BCUT2D eigenvalue weighted by Crippen LogP contribution is 2.31. The van der Waals surface area contributed by atoms with E-state index in [0.29, 0.717) is 11.5 Å². The number of halogens is 1. The predicted molar refractivity (Wildman–Crippen MR) is 70.5 cm³/mol. The van der Waals surface area contributed by atoms with Gasteiger partial charge < -0.3 is 11.5 Å². The Morgan fingerprint density at radius 2 is 2.06 bits per heavy atom. The maximum Gasteiger partial charge on any atom is 0.175 e. The molecule has 1 aromatic carbocycles. The van der Waals surface area contributed by atoms with Crippen LogP contribution in [0.3, 0.4) is 0 Å². The third-order valence-electron chi connectivity index (χ3n) is 2.29. The third-order valence-corrected chi connectivity index (χ3v) is 3.15. The lowest BCUT2D eigenvalue weighted by atomic mass is 10.2. The molecular weight excluding hydrogens is 284 g/mol. The quantitative estimate of drug-likeness (QED) is 0.741. The van der Waals surface area contributed by atoms with E-state index >= 15 is 0 Å². The molecule has 2 rings (SSSR count). The number of H-pyrrole nitrogens is 1. The summed E-state index contributed by atoms with van der Waals surface area (Å²) in [5.41, 5.74) is 13.3. The minimum absolute atomic E-state index is 0.235. The van der Waals surface area contributed by atoms with Crippen molar-refractivity contribution in [3.63, 3.8) is 0 Å². The molecule has 88 valence electrons. The first-order valence-electron chi connectivity index (χ1n) is 4.85. The molecule has 0 aliphatic heterocycles. The lowest BCUT2D eigenvalue weighted by molar-refractivity contribution is 1.11. The summed E-state index contributed by atoms with van der Waals surface area (Å²) in [6.45, 7) is 1.94. The number of benzene rings is 1. The zero-order valence-electron chi connectivity index (χ0n) is 9.11. The Balaban J connectivity index is 2.36. The smallest absolute Gasteiger partial charge is 0.175 e. The standard InChI is InChI=1S/C10H11BrN6/c1-5-6(11)3-2-4-7(5)14-15-8-9(12)16-17-10(8)13/h2-4H,1H3,(H5,12,13,16,17). The van der Waals surface area contributed by atoms with E-state index in [4.69, 9.17) is 11.5 Å². The fourth-order valence-electron chi connectivity index (χ4n) is 1.28. The van der Waals surface area contributed by atoms with Gasteiger partial charge in [-0.1, -0.05) is 22.0 Å². The largest absolute Gasteiger partial charge is 0.382 e. The average Bonchev–Trinajstić information content (AvgIpc) is 2.62. The van der Waals surface area contributed by atoms with Crippen LogP contribution < -0.4 is 11.5 Å². The van der Waals surface area contributed by atoms with E-state index < -0.39 is 0 Å². The molecule has 1 aromatic heterocycles. The number of anilines is 2. The summed E-state index contributed by atoms with van der Waals surface area (Å²) in [6.07, 6.45) is 0. The molecule has 0 spiro atoms. The van der Waals surface area contributed by atoms with Crippen LogP contribution >= 0.6 is 15.9 Å². The van der Waals surface area contributed by atoms with Crippen molar-refractivity contribution in [2.45, 2.75) is 6.92 Å². The fraction of sp³-hybridized carbons (Fsp3) is 0.100. The SMILES string of the molecule is Cc1c(Br)cccc1N=Nc1c(N)n[nH]c1N. The van der Waals surface area contributed by atoms with E-state index in [-0.39, 0.29) is 5.82 Å². The van der Waals surface area contributed by atoms with Crippen molar-refractivity contribution in [2.24, 2.45) is 10.2 Å². The van der Waals surface area contributed by atoms with Gasteiger partial charge >= 0.3 is 0 Å². The number of nitrogens with zero attached hydrogens (tertiary/aromatic N) is 3. The summed E-state index contributed by atoms with van der Waals surface area (Å²) in [4.78, 5) is 0. The summed E-state index contributed by atoms with van der Waals surface area (Å²) in [7, 11) is 0. The van der Waals surface area contributed by atoms with Crippen LogP contribution in [0.15, 0.2) is 32.9 Å². The molecule has 7 heteroatoms. The summed E-state index contributed by atoms with van der Waals surface area (Å²) in [5, 5.41) is 14.4. The van der Waals surface area contributed by atoms with E-state index in [1.807, 2.05) is 25.1 Å². The second-order valence-electron chi connectivity index (χ2n) is 3.46. The first-order valence-corrected chi connectivity index (χ1v) is 5.65. The van der Waals surface area contributed by atoms with Crippen LogP contribution in [-0.2, 0) is 0 Å². The molecule has 0 unspecified atom stereocenters. The predicted octanol–water partition coefficient (Wildman–Crippen LogP) is 3.06. The molecule has 0 saturated carbocycles. The lowest BCUT2D eigenvalue weighted by Crippen LogP contribution is -1.84. The molecular formula is C10H11BrN6. The van der Waals surface area contributed by atoms with Crippen molar-refractivity contribution in [3.8, 4) is 0 Å². The topological polar surface area (TPSA) is 105 Å². The Morgan fingerprint density at radius 3 is 2.71 bits per heavy atom. The Hall–Kier alpha value is -1.89. The first-order chi connectivity index (χ1) is 8.09. The Morgan fingerprint density at radius 1 is 1.29 bits per heavy atom. The number of aromatic amines is 1. The van der Waals surface area contributed by atoms with Crippen LogP contribution in [0.2, 0.25) is 0 Å². The molecule has 0 atom stereocenters. The van der Waals surface area contributed by atoms with Gasteiger partial charge in [0.1, 0.15) is 5.82 Å². The average molecular weight is 295 g/mol. The molecule has 6 nitrogen and oxygen atoms in total. The molecule has 0 aliphatic carbocycles. The van der Waals surface area contributed by atoms with E-state index in [1.54, 1.807) is 0 Å². The summed E-state index contributed by atoms with van der Waals surface area (Å²) in [6, 6.07) is 5.68. The maximum absolute atomic E-state index is 5.61. The number of azo groups is 1. The van der Waals surface area contributed by atoms with Gasteiger partial charge in [-0.25, -0.2) is 0 Å².